The maximum Gasteiger partial charge on any atom is 0.257 e. The molecular weight excluding hydrogens is 233 g/mol. The van der Waals surface area contributed by atoms with Gasteiger partial charge in [-0.05, 0) is 25.1 Å². The third-order valence-electron chi connectivity index (χ3n) is 2.61. The fraction of sp³-hybridized carbons (Fsp3) is 0.0769. The summed E-state index contributed by atoms with van der Waals surface area (Å²) in [5.41, 5.74) is 7.06. The zero-order valence-electron chi connectivity index (χ0n) is 9.77. The summed E-state index contributed by atoms with van der Waals surface area (Å²) >= 11 is 0. The van der Waals surface area contributed by atoms with Gasteiger partial charge in [-0.15, -0.1) is 0 Å². The predicted octanol–water partition coefficient (Wildman–Crippen LogP) is 2.36. The van der Waals surface area contributed by atoms with Gasteiger partial charge in [0.25, 0.3) is 5.91 Å². The minimum Gasteiger partial charge on any atom is -0.397 e. The molecule has 1 aromatic carbocycles. The van der Waals surface area contributed by atoms with Crippen LogP contribution in [-0.2, 0) is 0 Å². The molecule has 0 saturated carbocycles. The van der Waals surface area contributed by atoms with Gasteiger partial charge in [0.05, 0.1) is 17.4 Å². The molecule has 2 aromatic rings. The molecule has 18 heavy (non-hydrogen) atoms. The Morgan fingerprint density at radius 3 is 2.89 bits per heavy atom. The van der Waals surface area contributed by atoms with Crippen LogP contribution in [0.4, 0.5) is 15.8 Å². The molecule has 5 heteroatoms. The number of amides is 1. The Hall–Kier alpha value is -2.43. The number of aromatic nitrogens is 1. The summed E-state index contributed by atoms with van der Waals surface area (Å²) in [6, 6.07) is 6.02. The Morgan fingerprint density at radius 1 is 1.39 bits per heavy atom. The molecule has 1 heterocycles. The number of nitrogens with two attached hydrogens (primary N) is 1. The number of carbonyl (C=O) groups is 1. The number of carbonyl (C=O) groups excluding carboxylic acids is 1. The number of benzene rings is 1. The Morgan fingerprint density at radius 2 is 2.17 bits per heavy atom. The standard InChI is InChI=1S/C13H12FN3O/c1-8-10(14)3-2-4-12(8)17-13(18)9-5-6-16-7-11(9)15/h2-7H,15H2,1H3,(H,17,18). The molecule has 0 aliphatic carbocycles. The zero-order chi connectivity index (χ0) is 13.1. The Labute approximate surface area is 104 Å². The van der Waals surface area contributed by atoms with E-state index < -0.39 is 0 Å². The molecule has 0 saturated heterocycles. The highest BCUT2D eigenvalue weighted by Gasteiger charge is 2.11. The van der Waals surface area contributed by atoms with Gasteiger partial charge in [-0.25, -0.2) is 4.39 Å². The van der Waals surface area contributed by atoms with Gasteiger partial charge in [-0.1, -0.05) is 6.07 Å². The minimum absolute atomic E-state index is 0.282. The van der Waals surface area contributed by atoms with Crippen LogP contribution in [0.3, 0.4) is 0 Å². The summed E-state index contributed by atoms with van der Waals surface area (Å²) in [6.45, 7) is 1.60. The molecule has 0 radical (unpaired) electrons. The van der Waals surface area contributed by atoms with Crippen LogP contribution in [0.5, 0.6) is 0 Å². The fourth-order valence-electron chi connectivity index (χ4n) is 1.55. The third kappa shape index (κ3) is 2.29. The number of pyridine rings is 1. The van der Waals surface area contributed by atoms with E-state index in [1.165, 1.54) is 30.6 Å². The second-order valence-electron chi connectivity index (χ2n) is 3.83. The Kier molecular flexibility index (Phi) is 3.23. The lowest BCUT2D eigenvalue weighted by Crippen LogP contribution is -2.15. The number of nitrogens with one attached hydrogen (secondary N) is 1. The van der Waals surface area contributed by atoms with E-state index in [1.807, 2.05) is 0 Å². The van der Waals surface area contributed by atoms with Crippen molar-refractivity contribution in [3.05, 3.63) is 53.6 Å². The van der Waals surface area contributed by atoms with Gasteiger partial charge in [-0.3, -0.25) is 9.78 Å². The van der Waals surface area contributed by atoms with Crippen LogP contribution in [0.25, 0.3) is 0 Å². The van der Waals surface area contributed by atoms with Gasteiger partial charge in [0.15, 0.2) is 0 Å². The van der Waals surface area contributed by atoms with Crippen molar-refractivity contribution >= 4 is 17.3 Å². The number of nitrogen functional groups attached to an aromatic ring is 1. The molecule has 1 aromatic heterocycles. The monoisotopic (exact) mass is 245 g/mol. The molecule has 0 unspecified atom stereocenters. The third-order valence-corrected chi connectivity index (χ3v) is 2.61. The van der Waals surface area contributed by atoms with Crippen molar-refractivity contribution in [1.82, 2.24) is 4.98 Å². The summed E-state index contributed by atoms with van der Waals surface area (Å²) in [7, 11) is 0. The largest absolute Gasteiger partial charge is 0.397 e. The lowest BCUT2D eigenvalue weighted by molar-refractivity contribution is 0.102. The highest BCUT2D eigenvalue weighted by atomic mass is 19.1. The average molecular weight is 245 g/mol. The van der Waals surface area contributed by atoms with E-state index in [1.54, 1.807) is 13.0 Å². The zero-order valence-corrected chi connectivity index (χ0v) is 9.77. The number of hydrogen-bond acceptors (Lipinski definition) is 3. The van der Waals surface area contributed by atoms with E-state index in [9.17, 15) is 9.18 Å². The highest BCUT2D eigenvalue weighted by molar-refractivity contribution is 6.07. The van der Waals surface area contributed by atoms with Gasteiger partial charge in [-0.2, -0.15) is 0 Å². The topological polar surface area (TPSA) is 68.0 Å². The number of anilines is 2. The molecule has 0 spiro atoms. The van der Waals surface area contributed by atoms with Crippen LogP contribution in [-0.4, -0.2) is 10.9 Å². The number of hydrogen-bond donors (Lipinski definition) is 2. The van der Waals surface area contributed by atoms with Crippen LogP contribution in [0.2, 0.25) is 0 Å². The van der Waals surface area contributed by atoms with Crippen LogP contribution in [0.1, 0.15) is 15.9 Å². The molecule has 0 fully saturated rings. The van der Waals surface area contributed by atoms with Gasteiger partial charge in [0.2, 0.25) is 0 Å². The quantitative estimate of drug-likeness (QED) is 0.853. The molecular formula is C13H12FN3O. The van der Waals surface area contributed by atoms with E-state index in [-0.39, 0.29) is 17.4 Å². The molecule has 0 bridgehead atoms. The molecule has 4 nitrogen and oxygen atoms in total. The van der Waals surface area contributed by atoms with Crippen LogP contribution < -0.4 is 11.1 Å². The second kappa shape index (κ2) is 4.83. The summed E-state index contributed by atoms with van der Waals surface area (Å²) in [4.78, 5) is 15.8. The SMILES string of the molecule is Cc1c(F)cccc1NC(=O)c1ccncc1N. The summed E-state index contributed by atoms with van der Waals surface area (Å²) in [5, 5.41) is 2.62. The maximum atomic E-state index is 13.3. The fourth-order valence-corrected chi connectivity index (χ4v) is 1.55. The van der Waals surface area contributed by atoms with Gasteiger partial charge in [0, 0.05) is 17.4 Å². The molecule has 1 amide bonds. The minimum atomic E-state index is -0.386. The molecule has 92 valence electrons. The van der Waals surface area contributed by atoms with Crippen molar-refractivity contribution in [3.8, 4) is 0 Å². The van der Waals surface area contributed by atoms with Crippen molar-refractivity contribution in [2.45, 2.75) is 6.92 Å². The lowest BCUT2D eigenvalue weighted by Gasteiger charge is -2.09. The van der Waals surface area contributed by atoms with E-state index >= 15 is 0 Å². The Bertz CT molecular complexity index is 599. The van der Waals surface area contributed by atoms with Crippen molar-refractivity contribution in [1.29, 1.82) is 0 Å². The predicted molar refractivity (Wildman–Crippen MR) is 67.7 cm³/mol. The first-order chi connectivity index (χ1) is 8.59. The molecule has 2 rings (SSSR count). The second-order valence-corrected chi connectivity index (χ2v) is 3.83. The van der Waals surface area contributed by atoms with E-state index in [2.05, 4.69) is 10.3 Å². The summed E-state index contributed by atoms with van der Waals surface area (Å²) in [5.74, 6) is -0.751. The van der Waals surface area contributed by atoms with E-state index in [4.69, 9.17) is 5.73 Å². The molecule has 0 atom stereocenters. The van der Waals surface area contributed by atoms with Crippen molar-refractivity contribution in [2.75, 3.05) is 11.1 Å². The van der Waals surface area contributed by atoms with Gasteiger partial charge < -0.3 is 11.1 Å². The van der Waals surface area contributed by atoms with Crippen LogP contribution in [0.15, 0.2) is 36.7 Å². The molecule has 0 aliphatic rings. The highest BCUT2D eigenvalue weighted by Crippen LogP contribution is 2.19. The number of nitrogens with zero attached hydrogens (tertiary/aromatic N) is 1. The van der Waals surface area contributed by atoms with Gasteiger partial charge >= 0.3 is 0 Å². The van der Waals surface area contributed by atoms with Crippen molar-refractivity contribution < 1.29 is 9.18 Å². The lowest BCUT2D eigenvalue weighted by atomic mass is 10.1. The average Bonchev–Trinajstić information content (AvgIpc) is 2.35. The smallest absolute Gasteiger partial charge is 0.257 e. The number of halogens is 1. The first-order valence-electron chi connectivity index (χ1n) is 5.35. The van der Waals surface area contributed by atoms with Crippen molar-refractivity contribution in [3.63, 3.8) is 0 Å². The first kappa shape index (κ1) is 12.0. The van der Waals surface area contributed by atoms with E-state index in [0.29, 0.717) is 16.8 Å². The summed E-state index contributed by atoms with van der Waals surface area (Å²) < 4.78 is 13.3. The maximum absolute atomic E-state index is 13.3. The molecule has 0 aliphatic heterocycles. The number of rotatable bonds is 2. The Balaban J connectivity index is 2.27. The van der Waals surface area contributed by atoms with Crippen LogP contribution in [0, 0.1) is 12.7 Å². The van der Waals surface area contributed by atoms with Crippen LogP contribution >= 0.6 is 0 Å². The first-order valence-corrected chi connectivity index (χ1v) is 5.35. The van der Waals surface area contributed by atoms with Gasteiger partial charge in [0.1, 0.15) is 5.82 Å². The summed E-state index contributed by atoms with van der Waals surface area (Å²) in [6.07, 6.45) is 2.87. The van der Waals surface area contributed by atoms with Crippen molar-refractivity contribution in [2.24, 2.45) is 0 Å². The molecule has 3 N–H and O–H groups in total. The van der Waals surface area contributed by atoms with E-state index in [0.717, 1.165) is 0 Å². The normalized spacial score (nSPS) is 10.1.